The molecule has 6 nitrogen and oxygen atoms in total. The summed E-state index contributed by atoms with van der Waals surface area (Å²) in [4.78, 5) is 21.3. The van der Waals surface area contributed by atoms with E-state index in [2.05, 4.69) is 17.0 Å². The quantitative estimate of drug-likeness (QED) is 0.308. The summed E-state index contributed by atoms with van der Waals surface area (Å²) in [5, 5.41) is 0. The highest BCUT2D eigenvalue weighted by molar-refractivity contribution is 5.79. The largest absolute Gasteiger partial charge is 0.467 e. The number of nitrogens with zero attached hydrogens (tertiary/aromatic N) is 1. The van der Waals surface area contributed by atoms with E-state index < -0.39 is 11.6 Å². The van der Waals surface area contributed by atoms with Gasteiger partial charge in [0.1, 0.15) is 0 Å². The summed E-state index contributed by atoms with van der Waals surface area (Å²) in [6.07, 6.45) is 4.59. The van der Waals surface area contributed by atoms with Gasteiger partial charge >= 0.3 is 5.97 Å². The molecular weight excluding hydrogens is 296 g/mol. The van der Waals surface area contributed by atoms with Crippen molar-refractivity contribution in [3.05, 3.63) is 41.7 Å². The number of aromatic nitrogens is 1. The van der Waals surface area contributed by atoms with Gasteiger partial charge < -0.3 is 9.47 Å². The standard InChI is InChI=1S/C17H26N2O4/c1-13(9-17(3,23-18-4)16(20)21-5)6-7-22-12-15-8-14(2)10-19-11-15/h8,10-11,18H,1,6-7,9,12H2,2-5H3. The van der Waals surface area contributed by atoms with Crippen LogP contribution in [0, 0.1) is 6.92 Å². The highest BCUT2D eigenvalue weighted by atomic mass is 16.7. The molecule has 0 fully saturated rings. The van der Waals surface area contributed by atoms with Crippen molar-refractivity contribution < 1.29 is 19.1 Å². The van der Waals surface area contributed by atoms with Gasteiger partial charge in [0.05, 0.1) is 20.3 Å². The van der Waals surface area contributed by atoms with Crippen LogP contribution in [0.15, 0.2) is 30.6 Å². The van der Waals surface area contributed by atoms with Crippen molar-refractivity contribution in [1.82, 2.24) is 10.5 Å². The lowest BCUT2D eigenvalue weighted by atomic mass is 9.96. The van der Waals surface area contributed by atoms with Gasteiger partial charge in [-0.05, 0) is 31.4 Å². The molecule has 6 heteroatoms. The van der Waals surface area contributed by atoms with Crippen molar-refractivity contribution in [2.24, 2.45) is 0 Å². The molecule has 1 atom stereocenters. The maximum absolute atomic E-state index is 11.8. The van der Waals surface area contributed by atoms with Gasteiger partial charge in [-0.15, -0.1) is 0 Å². The summed E-state index contributed by atoms with van der Waals surface area (Å²) in [6.45, 7) is 8.67. The fourth-order valence-corrected chi connectivity index (χ4v) is 2.26. The van der Waals surface area contributed by atoms with Crippen LogP contribution in [0.4, 0.5) is 0 Å². The lowest BCUT2D eigenvalue weighted by molar-refractivity contribution is -0.176. The first-order valence-electron chi connectivity index (χ1n) is 7.49. The first-order valence-corrected chi connectivity index (χ1v) is 7.49. The molecule has 0 aliphatic rings. The number of hydrogen-bond donors (Lipinski definition) is 1. The highest BCUT2D eigenvalue weighted by Crippen LogP contribution is 2.22. The number of ether oxygens (including phenoxy) is 2. The van der Waals surface area contributed by atoms with Gasteiger partial charge in [0.25, 0.3) is 0 Å². The Kier molecular flexibility index (Phi) is 7.88. The lowest BCUT2D eigenvalue weighted by Crippen LogP contribution is -2.43. The normalized spacial score (nSPS) is 13.4. The number of carbonyl (C=O) groups is 1. The van der Waals surface area contributed by atoms with E-state index in [0.29, 0.717) is 26.1 Å². The summed E-state index contributed by atoms with van der Waals surface area (Å²) in [7, 11) is 2.93. The molecule has 0 aliphatic heterocycles. The highest BCUT2D eigenvalue weighted by Gasteiger charge is 2.36. The van der Waals surface area contributed by atoms with Crippen LogP contribution >= 0.6 is 0 Å². The van der Waals surface area contributed by atoms with Gasteiger partial charge in [-0.3, -0.25) is 9.82 Å². The van der Waals surface area contributed by atoms with Crippen molar-refractivity contribution in [3.8, 4) is 0 Å². The van der Waals surface area contributed by atoms with E-state index in [1.807, 2.05) is 13.0 Å². The zero-order valence-corrected chi connectivity index (χ0v) is 14.3. The van der Waals surface area contributed by atoms with Crippen molar-refractivity contribution in [2.75, 3.05) is 20.8 Å². The number of hydroxylamine groups is 1. The van der Waals surface area contributed by atoms with Gasteiger partial charge in [-0.2, -0.15) is 0 Å². The number of rotatable bonds is 10. The van der Waals surface area contributed by atoms with Gasteiger partial charge in [0.15, 0.2) is 5.60 Å². The Balaban J connectivity index is 2.39. The van der Waals surface area contributed by atoms with E-state index in [4.69, 9.17) is 14.3 Å². The van der Waals surface area contributed by atoms with E-state index in [1.165, 1.54) is 7.11 Å². The van der Waals surface area contributed by atoms with Crippen molar-refractivity contribution in [3.63, 3.8) is 0 Å². The third-order valence-corrected chi connectivity index (χ3v) is 3.33. The second kappa shape index (κ2) is 9.39. The van der Waals surface area contributed by atoms with Crippen LogP contribution in [-0.4, -0.2) is 37.3 Å². The van der Waals surface area contributed by atoms with E-state index in [1.54, 1.807) is 26.4 Å². The summed E-state index contributed by atoms with van der Waals surface area (Å²) >= 11 is 0. The molecule has 0 aromatic carbocycles. The molecule has 0 saturated heterocycles. The van der Waals surface area contributed by atoms with Gasteiger partial charge in [-0.1, -0.05) is 18.2 Å². The smallest absolute Gasteiger partial charge is 0.340 e. The first-order chi connectivity index (χ1) is 10.9. The fraction of sp³-hybridized carbons (Fsp3) is 0.529. The maximum Gasteiger partial charge on any atom is 0.340 e. The Bertz CT molecular complexity index is 533. The molecule has 0 bridgehead atoms. The average Bonchev–Trinajstić information content (AvgIpc) is 2.51. The SMILES string of the molecule is C=C(CCOCc1cncc(C)c1)CC(C)(ONC)C(=O)OC. The monoisotopic (exact) mass is 322 g/mol. The predicted octanol–water partition coefficient (Wildman–Crippen LogP) is 2.33. The molecule has 23 heavy (non-hydrogen) atoms. The van der Waals surface area contributed by atoms with Crippen molar-refractivity contribution >= 4 is 5.97 Å². The number of carbonyl (C=O) groups excluding carboxylic acids is 1. The van der Waals surface area contributed by atoms with Crippen LogP contribution in [0.25, 0.3) is 0 Å². The van der Waals surface area contributed by atoms with Crippen LogP contribution in [0.2, 0.25) is 0 Å². The number of methoxy groups -OCH3 is 1. The number of nitrogens with one attached hydrogen (secondary N) is 1. The van der Waals surface area contributed by atoms with E-state index in [0.717, 1.165) is 16.7 Å². The predicted molar refractivity (Wildman–Crippen MR) is 87.6 cm³/mol. The topological polar surface area (TPSA) is 69.7 Å². The molecule has 1 aromatic rings. The maximum atomic E-state index is 11.8. The molecule has 1 unspecified atom stereocenters. The van der Waals surface area contributed by atoms with E-state index in [9.17, 15) is 4.79 Å². The van der Waals surface area contributed by atoms with E-state index in [-0.39, 0.29) is 0 Å². The molecule has 1 aromatic heterocycles. The summed E-state index contributed by atoms with van der Waals surface area (Å²) in [5.41, 5.74) is 4.44. The van der Waals surface area contributed by atoms with Crippen LogP contribution in [0.5, 0.6) is 0 Å². The van der Waals surface area contributed by atoms with Crippen LogP contribution in [0.3, 0.4) is 0 Å². The molecule has 1 rings (SSSR count). The minimum Gasteiger partial charge on any atom is -0.467 e. The summed E-state index contributed by atoms with van der Waals surface area (Å²) in [6, 6.07) is 2.04. The van der Waals surface area contributed by atoms with Crippen molar-refractivity contribution in [2.45, 2.75) is 38.9 Å². The lowest BCUT2D eigenvalue weighted by Gasteiger charge is -2.26. The zero-order valence-electron chi connectivity index (χ0n) is 14.3. The second-order valence-corrected chi connectivity index (χ2v) is 5.63. The first kappa shape index (κ1) is 19.3. The Labute approximate surface area is 137 Å². The molecular formula is C17H26N2O4. The van der Waals surface area contributed by atoms with E-state index >= 15 is 0 Å². The summed E-state index contributed by atoms with van der Waals surface area (Å²) in [5.74, 6) is -0.445. The molecule has 0 spiro atoms. The Morgan fingerprint density at radius 1 is 1.43 bits per heavy atom. The van der Waals surface area contributed by atoms with Gasteiger partial charge in [0.2, 0.25) is 0 Å². The molecule has 1 N–H and O–H groups in total. The minimum atomic E-state index is -1.10. The van der Waals surface area contributed by atoms with Gasteiger partial charge in [0, 0.05) is 25.9 Å². The number of aryl methyl sites for hydroxylation is 1. The molecule has 128 valence electrons. The minimum absolute atomic E-state index is 0.357. The number of pyridine rings is 1. The number of esters is 1. The third kappa shape index (κ3) is 6.48. The van der Waals surface area contributed by atoms with Crippen molar-refractivity contribution in [1.29, 1.82) is 0 Å². The average molecular weight is 322 g/mol. The Hall–Kier alpha value is -1.76. The fourth-order valence-electron chi connectivity index (χ4n) is 2.26. The van der Waals surface area contributed by atoms with Crippen LogP contribution < -0.4 is 5.48 Å². The third-order valence-electron chi connectivity index (χ3n) is 3.33. The molecule has 0 amide bonds. The molecule has 0 radical (unpaired) electrons. The number of hydrogen-bond acceptors (Lipinski definition) is 6. The van der Waals surface area contributed by atoms with Gasteiger partial charge in [-0.25, -0.2) is 10.3 Å². The second-order valence-electron chi connectivity index (χ2n) is 5.63. The molecule has 1 heterocycles. The Morgan fingerprint density at radius 3 is 2.78 bits per heavy atom. The Morgan fingerprint density at radius 2 is 2.17 bits per heavy atom. The molecule has 0 saturated carbocycles. The van der Waals surface area contributed by atoms with Crippen LogP contribution in [0.1, 0.15) is 30.9 Å². The molecule has 0 aliphatic carbocycles. The summed E-state index contributed by atoms with van der Waals surface area (Å²) < 4.78 is 10.4. The van der Waals surface area contributed by atoms with Crippen LogP contribution in [-0.2, 0) is 25.7 Å². The zero-order chi connectivity index (χ0) is 17.3.